The molecule has 0 aliphatic carbocycles. The molecule has 0 spiro atoms. The van der Waals surface area contributed by atoms with Gasteiger partial charge >= 0.3 is 5.97 Å². The van der Waals surface area contributed by atoms with Crippen LogP contribution in [0.25, 0.3) is 22.2 Å². The summed E-state index contributed by atoms with van der Waals surface area (Å²) in [6.45, 7) is 0.332. The third-order valence-electron chi connectivity index (χ3n) is 4.38. The Morgan fingerprint density at radius 3 is 2.68 bits per heavy atom. The lowest BCUT2D eigenvalue weighted by molar-refractivity contribution is 0.0691. The molecule has 0 saturated heterocycles. The van der Waals surface area contributed by atoms with Gasteiger partial charge in [-0.3, -0.25) is 4.98 Å². The highest BCUT2D eigenvalue weighted by atomic mass is 35.5. The average molecular weight is 395 g/mol. The first-order valence-corrected chi connectivity index (χ1v) is 8.79. The number of carboxylic acids is 1. The highest BCUT2D eigenvalue weighted by Crippen LogP contribution is 2.30. The molecule has 0 unspecified atom stereocenters. The molecule has 2 aromatic carbocycles. The maximum absolute atomic E-state index is 11.8. The highest BCUT2D eigenvalue weighted by molar-refractivity contribution is 6.31. The number of rotatable bonds is 5. The summed E-state index contributed by atoms with van der Waals surface area (Å²) in [6.07, 6.45) is 1.63. The number of aromatic nitrogens is 4. The van der Waals surface area contributed by atoms with Crippen molar-refractivity contribution in [1.29, 1.82) is 0 Å². The van der Waals surface area contributed by atoms with Crippen LogP contribution in [0.3, 0.4) is 0 Å². The van der Waals surface area contributed by atoms with Gasteiger partial charge in [-0.25, -0.2) is 9.48 Å². The van der Waals surface area contributed by atoms with Gasteiger partial charge in [0.15, 0.2) is 5.69 Å². The second-order valence-electron chi connectivity index (χ2n) is 6.12. The maximum Gasteiger partial charge on any atom is 0.358 e. The van der Waals surface area contributed by atoms with Crippen LogP contribution in [0, 0.1) is 0 Å². The molecule has 0 amide bonds. The van der Waals surface area contributed by atoms with E-state index < -0.39 is 5.97 Å². The summed E-state index contributed by atoms with van der Waals surface area (Å²) in [7, 11) is 1.60. The van der Waals surface area contributed by atoms with Crippen molar-refractivity contribution in [3.63, 3.8) is 0 Å². The summed E-state index contributed by atoms with van der Waals surface area (Å²) in [5.74, 6) is -0.434. The summed E-state index contributed by atoms with van der Waals surface area (Å²) >= 11 is 6.16. The van der Waals surface area contributed by atoms with Crippen LogP contribution in [0.4, 0.5) is 0 Å². The molecule has 4 aromatic rings. The number of pyridine rings is 1. The third kappa shape index (κ3) is 3.27. The van der Waals surface area contributed by atoms with Gasteiger partial charge in [0, 0.05) is 16.6 Å². The van der Waals surface area contributed by atoms with Gasteiger partial charge in [-0.2, -0.15) is 0 Å². The van der Waals surface area contributed by atoms with Crippen molar-refractivity contribution >= 4 is 28.3 Å². The lowest BCUT2D eigenvalue weighted by Gasteiger charge is -2.10. The van der Waals surface area contributed by atoms with Crippen LogP contribution in [0.5, 0.6) is 5.75 Å². The molecule has 0 bridgehead atoms. The van der Waals surface area contributed by atoms with Gasteiger partial charge in [0.1, 0.15) is 11.4 Å². The van der Waals surface area contributed by atoms with Crippen LogP contribution in [0.2, 0.25) is 5.02 Å². The molecule has 0 aliphatic heterocycles. The number of fused-ring (bicyclic) bond motifs is 1. The normalized spacial score (nSPS) is 10.9. The molecule has 28 heavy (non-hydrogen) atoms. The van der Waals surface area contributed by atoms with Crippen molar-refractivity contribution in [3.05, 3.63) is 71.0 Å². The zero-order valence-electron chi connectivity index (χ0n) is 14.8. The van der Waals surface area contributed by atoms with Crippen molar-refractivity contribution in [2.75, 3.05) is 7.11 Å². The fraction of sp³-hybridized carbons (Fsp3) is 0.100. The van der Waals surface area contributed by atoms with Crippen LogP contribution < -0.4 is 4.74 Å². The van der Waals surface area contributed by atoms with Gasteiger partial charge in [0.2, 0.25) is 0 Å². The monoisotopic (exact) mass is 394 g/mol. The molecule has 0 atom stereocenters. The smallest absolute Gasteiger partial charge is 0.358 e. The fourth-order valence-electron chi connectivity index (χ4n) is 3.04. The first-order chi connectivity index (χ1) is 13.6. The van der Waals surface area contributed by atoms with Gasteiger partial charge in [0.25, 0.3) is 0 Å². The van der Waals surface area contributed by atoms with E-state index in [4.69, 9.17) is 16.3 Å². The highest BCUT2D eigenvalue weighted by Gasteiger charge is 2.23. The zero-order valence-corrected chi connectivity index (χ0v) is 15.6. The number of ether oxygens (including phenoxy) is 1. The van der Waals surface area contributed by atoms with Crippen LogP contribution in [0.15, 0.2) is 54.7 Å². The van der Waals surface area contributed by atoms with Crippen molar-refractivity contribution in [3.8, 4) is 17.1 Å². The SMILES string of the molecule is COc1ccc(Cn2nnc(C(=O)O)c2-c2nccc3ccc(Cl)cc23)cc1. The minimum Gasteiger partial charge on any atom is -0.497 e. The lowest BCUT2D eigenvalue weighted by Crippen LogP contribution is -2.07. The van der Waals surface area contributed by atoms with Gasteiger partial charge in [-0.05, 0) is 41.3 Å². The van der Waals surface area contributed by atoms with Crippen LogP contribution >= 0.6 is 11.6 Å². The molecule has 140 valence electrons. The Morgan fingerprint density at radius 2 is 1.96 bits per heavy atom. The molecule has 7 nitrogen and oxygen atoms in total. The van der Waals surface area contributed by atoms with E-state index in [1.807, 2.05) is 36.4 Å². The molecule has 0 fully saturated rings. The minimum absolute atomic E-state index is 0.159. The molecule has 0 aliphatic rings. The zero-order chi connectivity index (χ0) is 19.7. The lowest BCUT2D eigenvalue weighted by atomic mass is 10.1. The second-order valence-corrected chi connectivity index (χ2v) is 6.56. The Balaban J connectivity index is 1.87. The predicted molar refractivity (Wildman–Crippen MR) is 105 cm³/mol. The molecule has 2 heterocycles. The van der Waals surface area contributed by atoms with E-state index in [-0.39, 0.29) is 5.69 Å². The van der Waals surface area contributed by atoms with Crippen molar-refractivity contribution in [2.45, 2.75) is 6.54 Å². The molecule has 8 heteroatoms. The number of nitrogens with zero attached hydrogens (tertiary/aromatic N) is 4. The van der Waals surface area contributed by atoms with E-state index in [2.05, 4.69) is 15.3 Å². The van der Waals surface area contributed by atoms with Gasteiger partial charge in [0.05, 0.1) is 19.3 Å². The van der Waals surface area contributed by atoms with E-state index in [1.165, 1.54) is 4.68 Å². The number of hydrogen-bond donors (Lipinski definition) is 1. The van der Waals surface area contributed by atoms with Gasteiger partial charge < -0.3 is 9.84 Å². The number of carbonyl (C=O) groups is 1. The Kier molecular flexibility index (Phi) is 4.67. The summed E-state index contributed by atoms with van der Waals surface area (Å²) in [4.78, 5) is 16.2. The number of aromatic carboxylic acids is 1. The van der Waals surface area contributed by atoms with Gasteiger partial charge in [-0.15, -0.1) is 5.10 Å². The summed E-state index contributed by atoms with van der Waals surface area (Å²) in [6, 6.07) is 14.7. The third-order valence-corrected chi connectivity index (χ3v) is 4.62. The maximum atomic E-state index is 11.8. The minimum atomic E-state index is -1.17. The standard InChI is InChI=1S/C20H15ClN4O3/c1-28-15-6-2-12(3-7-15)11-25-19(18(20(26)27)23-24-25)17-16-10-14(21)5-4-13(16)8-9-22-17/h2-10H,11H2,1H3,(H,26,27). The van der Waals surface area contributed by atoms with Crippen LogP contribution in [-0.4, -0.2) is 38.2 Å². The number of benzene rings is 2. The fourth-order valence-corrected chi connectivity index (χ4v) is 3.21. The topological polar surface area (TPSA) is 90.1 Å². The van der Waals surface area contributed by atoms with E-state index in [9.17, 15) is 9.90 Å². The van der Waals surface area contributed by atoms with Crippen LogP contribution in [-0.2, 0) is 6.54 Å². The molecule has 0 saturated carbocycles. The van der Waals surface area contributed by atoms with Crippen molar-refractivity contribution < 1.29 is 14.6 Å². The molecule has 1 N–H and O–H groups in total. The van der Waals surface area contributed by atoms with Crippen molar-refractivity contribution in [1.82, 2.24) is 20.0 Å². The summed E-state index contributed by atoms with van der Waals surface area (Å²) < 4.78 is 6.71. The Morgan fingerprint density at radius 1 is 1.18 bits per heavy atom. The molecule has 0 radical (unpaired) electrons. The average Bonchev–Trinajstić information content (AvgIpc) is 3.11. The molecular formula is C20H15ClN4O3. The Hall–Kier alpha value is -3.45. The van der Waals surface area contributed by atoms with Gasteiger partial charge in [-0.1, -0.05) is 35.0 Å². The predicted octanol–water partition coefficient (Wildman–Crippen LogP) is 3.90. The number of methoxy groups -OCH3 is 1. The van der Waals surface area contributed by atoms with E-state index in [1.54, 1.807) is 25.4 Å². The molecule has 2 aromatic heterocycles. The Labute approximate surface area is 165 Å². The number of halogens is 1. The van der Waals surface area contributed by atoms with E-state index >= 15 is 0 Å². The van der Waals surface area contributed by atoms with Crippen molar-refractivity contribution in [2.24, 2.45) is 0 Å². The number of hydrogen-bond acceptors (Lipinski definition) is 5. The van der Waals surface area contributed by atoms with E-state index in [0.29, 0.717) is 23.0 Å². The first-order valence-electron chi connectivity index (χ1n) is 8.41. The number of carboxylic acid groups (broad SMARTS) is 1. The largest absolute Gasteiger partial charge is 0.497 e. The molecule has 4 rings (SSSR count). The summed E-state index contributed by atoms with van der Waals surface area (Å²) in [5, 5.41) is 19.7. The second kappa shape index (κ2) is 7.28. The van der Waals surface area contributed by atoms with Crippen LogP contribution in [0.1, 0.15) is 16.1 Å². The first kappa shape index (κ1) is 17.9. The molecular weight excluding hydrogens is 380 g/mol. The quantitative estimate of drug-likeness (QED) is 0.552. The Bertz CT molecular complexity index is 1170. The summed E-state index contributed by atoms with van der Waals surface area (Å²) in [5.41, 5.74) is 1.56. The van der Waals surface area contributed by atoms with E-state index in [0.717, 1.165) is 22.1 Å².